The largest absolute Gasteiger partial charge is 0.311 e. The molecular formula is C12H15ClN4. The van der Waals surface area contributed by atoms with Crippen molar-refractivity contribution in [3.8, 4) is 5.82 Å². The Morgan fingerprint density at radius 3 is 2.88 bits per heavy atom. The summed E-state index contributed by atoms with van der Waals surface area (Å²) >= 11 is 6.11. The molecule has 0 aliphatic rings. The van der Waals surface area contributed by atoms with E-state index in [1.807, 2.05) is 29.8 Å². The number of nitrogens with zero attached hydrogens (tertiary/aromatic N) is 3. The second kappa shape index (κ2) is 5.29. The Morgan fingerprint density at radius 2 is 2.24 bits per heavy atom. The Labute approximate surface area is 106 Å². The van der Waals surface area contributed by atoms with Gasteiger partial charge in [-0.05, 0) is 25.6 Å². The summed E-state index contributed by atoms with van der Waals surface area (Å²) in [6.07, 6.45) is 3.65. The number of hydrogen-bond acceptors (Lipinski definition) is 3. The van der Waals surface area contributed by atoms with Crippen LogP contribution in [0.4, 0.5) is 0 Å². The molecule has 0 amide bonds. The van der Waals surface area contributed by atoms with Crippen molar-refractivity contribution in [2.24, 2.45) is 0 Å². The van der Waals surface area contributed by atoms with Gasteiger partial charge in [0.25, 0.3) is 0 Å². The van der Waals surface area contributed by atoms with E-state index in [-0.39, 0.29) is 0 Å². The maximum absolute atomic E-state index is 6.11. The van der Waals surface area contributed by atoms with Crippen LogP contribution in [0.2, 0.25) is 5.02 Å². The lowest BCUT2D eigenvalue weighted by atomic mass is 10.3. The first-order valence-corrected chi connectivity index (χ1v) is 5.96. The molecule has 2 rings (SSSR count). The Kier molecular flexibility index (Phi) is 3.76. The first-order valence-electron chi connectivity index (χ1n) is 5.59. The predicted molar refractivity (Wildman–Crippen MR) is 68.5 cm³/mol. The summed E-state index contributed by atoms with van der Waals surface area (Å²) in [6, 6.07) is 3.77. The second-order valence-electron chi connectivity index (χ2n) is 3.72. The van der Waals surface area contributed by atoms with Gasteiger partial charge in [-0.2, -0.15) is 0 Å². The van der Waals surface area contributed by atoms with E-state index < -0.39 is 0 Å². The lowest BCUT2D eigenvalue weighted by Gasteiger charge is -2.08. The highest BCUT2D eigenvalue weighted by molar-refractivity contribution is 6.31. The molecule has 5 heteroatoms. The zero-order valence-corrected chi connectivity index (χ0v) is 10.7. The van der Waals surface area contributed by atoms with Crippen LogP contribution in [0.3, 0.4) is 0 Å². The molecule has 2 heterocycles. The molecule has 0 bridgehead atoms. The highest BCUT2D eigenvalue weighted by Crippen LogP contribution is 2.17. The van der Waals surface area contributed by atoms with Crippen molar-refractivity contribution in [2.45, 2.75) is 20.4 Å². The maximum Gasteiger partial charge on any atom is 0.138 e. The van der Waals surface area contributed by atoms with Crippen molar-refractivity contribution in [2.75, 3.05) is 6.54 Å². The molecule has 0 aromatic carbocycles. The number of aromatic nitrogens is 3. The molecule has 90 valence electrons. The quantitative estimate of drug-likeness (QED) is 0.906. The summed E-state index contributed by atoms with van der Waals surface area (Å²) in [4.78, 5) is 8.72. The zero-order chi connectivity index (χ0) is 12.3. The van der Waals surface area contributed by atoms with E-state index in [1.54, 1.807) is 6.20 Å². The third-order valence-electron chi connectivity index (χ3n) is 2.52. The Bertz CT molecular complexity index is 507. The van der Waals surface area contributed by atoms with E-state index in [9.17, 15) is 0 Å². The Hall–Kier alpha value is -1.39. The normalized spacial score (nSPS) is 10.8. The minimum absolute atomic E-state index is 0.677. The molecule has 2 aromatic rings. The molecule has 0 radical (unpaired) electrons. The summed E-state index contributed by atoms with van der Waals surface area (Å²) in [5.74, 6) is 1.76. The molecule has 1 N–H and O–H groups in total. The molecule has 0 atom stereocenters. The van der Waals surface area contributed by atoms with E-state index in [4.69, 9.17) is 11.6 Å². The number of rotatable bonds is 4. The van der Waals surface area contributed by atoms with Crippen LogP contribution in [0.5, 0.6) is 0 Å². The number of pyridine rings is 1. The molecule has 2 aromatic heterocycles. The van der Waals surface area contributed by atoms with E-state index >= 15 is 0 Å². The van der Waals surface area contributed by atoms with Crippen LogP contribution >= 0.6 is 11.6 Å². The topological polar surface area (TPSA) is 42.7 Å². The minimum atomic E-state index is 0.677. The van der Waals surface area contributed by atoms with Gasteiger partial charge in [0, 0.05) is 18.9 Å². The van der Waals surface area contributed by atoms with Gasteiger partial charge in [0.15, 0.2) is 0 Å². The van der Waals surface area contributed by atoms with Crippen molar-refractivity contribution >= 4 is 11.6 Å². The van der Waals surface area contributed by atoms with Crippen molar-refractivity contribution in [3.05, 3.63) is 41.1 Å². The van der Waals surface area contributed by atoms with Gasteiger partial charge in [-0.1, -0.05) is 18.5 Å². The van der Waals surface area contributed by atoms with Crippen LogP contribution in [0.15, 0.2) is 24.5 Å². The highest BCUT2D eigenvalue weighted by atomic mass is 35.5. The van der Waals surface area contributed by atoms with Gasteiger partial charge < -0.3 is 5.32 Å². The molecule has 0 unspecified atom stereocenters. The molecular weight excluding hydrogens is 236 g/mol. The van der Waals surface area contributed by atoms with E-state index in [0.717, 1.165) is 23.9 Å². The van der Waals surface area contributed by atoms with Crippen molar-refractivity contribution in [1.29, 1.82) is 0 Å². The van der Waals surface area contributed by atoms with Crippen LogP contribution < -0.4 is 5.32 Å². The van der Waals surface area contributed by atoms with Gasteiger partial charge in [0.1, 0.15) is 11.6 Å². The van der Waals surface area contributed by atoms with Gasteiger partial charge >= 0.3 is 0 Å². The van der Waals surface area contributed by atoms with E-state index in [2.05, 4.69) is 22.2 Å². The molecule has 0 saturated carbocycles. The molecule has 4 nitrogen and oxygen atoms in total. The van der Waals surface area contributed by atoms with Crippen molar-refractivity contribution < 1.29 is 0 Å². The van der Waals surface area contributed by atoms with Crippen LogP contribution in [-0.4, -0.2) is 21.1 Å². The van der Waals surface area contributed by atoms with Gasteiger partial charge in [-0.25, -0.2) is 9.97 Å². The Balaban J connectivity index is 2.34. The van der Waals surface area contributed by atoms with Crippen LogP contribution in [0.25, 0.3) is 5.82 Å². The average molecular weight is 251 g/mol. The second-order valence-corrected chi connectivity index (χ2v) is 4.13. The lowest BCUT2D eigenvalue weighted by molar-refractivity contribution is 0.707. The summed E-state index contributed by atoms with van der Waals surface area (Å²) in [5, 5.41) is 3.91. The van der Waals surface area contributed by atoms with Gasteiger partial charge in [-0.3, -0.25) is 4.57 Å². The Morgan fingerprint density at radius 1 is 1.41 bits per heavy atom. The summed E-state index contributed by atoms with van der Waals surface area (Å²) in [7, 11) is 0. The van der Waals surface area contributed by atoms with Crippen LogP contribution in [0, 0.1) is 6.92 Å². The predicted octanol–water partition coefficient (Wildman–Crippen LogP) is 2.34. The van der Waals surface area contributed by atoms with Crippen molar-refractivity contribution in [3.63, 3.8) is 0 Å². The monoisotopic (exact) mass is 250 g/mol. The lowest BCUT2D eigenvalue weighted by Crippen LogP contribution is -2.14. The molecule has 0 spiro atoms. The van der Waals surface area contributed by atoms with Crippen LogP contribution in [-0.2, 0) is 6.54 Å². The smallest absolute Gasteiger partial charge is 0.138 e. The molecule has 0 aliphatic heterocycles. The average Bonchev–Trinajstić information content (AvgIpc) is 2.75. The van der Waals surface area contributed by atoms with Crippen molar-refractivity contribution in [1.82, 2.24) is 19.9 Å². The standard InChI is InChI=1S/C12H15ClN4/c1-3-14-8-11-10(13)4-5-12(16-11)17-7-6-15-9(17)2/h4-7,14H,3,8H2,1-2H3. The molecule has 17 heavy (non-hydrogen) atoms. The fourth-order valence-corrected chi connectivity index (χ4v) is 1.77. The molecule has 0 fully saturated rings. The first kappa shape index (κ1) is 12.1. The number of nitrogens with one attached hydrogen (secondary N) is 1. The SMILES string of the molecule is CCNCc1nc(-n2ccnc2C)ccc1Cl. The number of imidazole rings is 1. The third kappa shape index (κ3) is 2.65. The number of hydrogen-bond donors (Lipinski definition) is 1. The maximum atomic E-state index is 6.11. The number of halogens is 1. The zero-order valence-electron chi connectivity index (χ0n) is 9.94. The highest BCUT2D eigenvalue weighted by Gasteiger charge is 2.06. The minimum Gasteiger partial charge on any atom is -0.311 e. The van der Waals surface area contributed by atoms with E-state index in [1.165, 1.54) is 0 Å². The number of aryl methyl sites for hydroxylation is 1. The van der Waals surface area contributed by atoms with Gasteiger partial charge in [0.05, 0.1) is 10.7 Å². The molecule has 0 saturated heterocycles. The summed E-state index contributed by atoms with van der Waals surface area (Å²) in [5.41, 5.74) is 0.860. The van der Waals surface area contributed by atoms with Crippen LogP contribution in [0.1, 0.15) is 18.4 Å². The van der Waals surface area contributed by atoms with E-state index in [0.29, 0.717) is 11.6 Å². The fraction of sp³-hybridized carbons (Fsp3) is 0.333. The summed E-state index contributed by atoms with van der Waals surface area (Å²) < 4.78 is 1.94. The fourth-order valence-electron chi connectivity index (χ4n) is 1.59. The van der Waals surface area contributed by atoms with Gasteiger partial charge in [0.2, 0.25) is 0 Å². The molecule has 0 aliphatic carbocycles. The first-order chi connectivity index (χ1) is 8.22. The summed E-state index contributed by atoms with van der Waals surface area (Å²) in [6.45, 7) is 5.57. The van der Waals surface area contributed by atoms with Gasteiger partial charge in [-0.15, -0.1) is 0 Å². The third-order valence-corrected chi connectivity index (χ3v) is 2.86.